The quantitative estimate of drug-likeness (QED) is 0.696. The van der Waals surface area contributed by atoms with Gasteiger partial charge in [-0.15, -0.1) is 0 Å². The van der Waals surface area contributed by atoms with Gasteiger partial charge in [-0.05, 0) is 27.8 Å². The van der Waals surface area contributed by atoms with Gasteiger partial charge in [-0.3, -0.25) is 0 Å². The summed E-state index contributed by atoms with van der Waals surface area (Å²) in [5.41, 5.74) is 1.12. The maximum absolute atomic E-state index is 11.2. The van der Waals surface area contributed by atoms with Gasteiger partial charge >= 0.3 is 0 Å². The molecule has 0 aromatic rings. The number of hydrogen-bond donors (Lipinski definition) is 1. The second-order valence-electron chi connectivity index (χ2n) is 3.59. The molecule has 0 aromatic carbocycles. The summed E-state index contributed by atoms with van der Waals surface area (Å²) in [6.07, 6.45) is 3.20. The Morgan fingerprint density at radius 2 is 1.85 bits per heavy atom. The Labute approximate surface area is 81.1 Å². The van der Waals surface area contributed by atoms with Gasteiger partial charge in [0.15, 0.2) is 9.84 Å². The van der Waals surface area contributed by atoms with Crippen LogP contribution in [0.15, 0.2) is 11.6 Å². The summed E-state index contributed by atoms with van der Waals surface area (Å²) in [6, 6.07) is -0.0972. The Hall–Kier alpha value is -0.350. The molecule has 0 heterocycles. The van der Waals surface area contributed by atoms with Crippen LogP contribution in [0.1, 0.15) is 20.8 Å². The number of rotatable bonds is 4. The second kappa shape index (κ2) is 4.77. The molecule has 0 aliphatic carbocycles. The Balaban J connectivity index is 4.71. The van der Waals surface area contributed by atoms with Gasteiger partial charge in [0, 0.05) is 12.3 Å². The summed E-state index contributed by atoms with van der Waals surface area (Å²) in [6.45, 7) is 5.63. The summed E-state index contributed by atoms with van der Waals surface area (Å²) < 4.78 is 22.5. The van der Waals surface area contributed by atoms with Crippen molar-refractivity contribution in [3.05, 3.63) is 11.6 Å². The van der Waals surface area contributed by atoms with Crippen LogP contribution in [-0.2, 0) is 9.84 Å². The zero-order chi connectivity index (χ0) is 10.6. The molecule has 0 fully saturated rings. The van der Waals surface area contributed by atoms with Crippen LogP contribution in [0.25, 0.3) is 0 Å². The highest BCUT2D eigenvalue weighted by molar-refractivity contribution is 7.91. The monoisotopic (exact) mass is 205 g/mol. The highest BCUT2D eigenvalue weighted by Crippen LogP contribution is 2.07. The van der Waals surface area contributed by atoms with Crippen molar-refractivity contribution in [3.63, 3.8) is 0 Å². The van der Waals surface area contributed by atoms with E-state index in [-0.39, 0.29) is 11.3 Å². The molecular formula is C9H19NO2S. The number of allylic oxidation sites excluding steroid dienone is 1. The first-order valence-electron chi connectivity index (χ1n) is 4.30. The fourth-order valence-electron chi connectivity index (χ4n) is 1.08. The van der Waals surface area contributed by atoms with Crippen molar-refractivity contribution in [3.8, 4) is 0 Å². The van der Waals surface area contributed by atoms with Gasteiger partial charge in [0.1, 0.15) is 0 Å². The first kappa shape index (κ1) is 12.7. The minimum absolute atomic E-state index is 0.0972. The zero-order valence-electron chi connectivity index (χ0n) is 8.96. The molecule has 0 spiro atoms. The molecule has 0 aromatic heterocycles. The van der Waals surface area contributed by atoms with Crippen LogP contribution in [0.4, 0.5) is 0 Å². The standard InChI is InChI=1S/C9H19NO2S/c1-7(2)6-9(10-4)8(3)13(5,11)12/h6,8-10H,1-5H3. The van der Waals surface area contributed by atoms with Crippen LogP contribution >= 0.6 is 0 Å². The van der Waals surface area contributed by atoms with E-state index in [0.29, 0.717) is 0 Å². The predicted octanol–water partition coefficient (Wildman–Crippen LogP) is 0.974. The molecule has 0 aliphatic rings. The van der Waals surface area contributed by atoms with E-state index in [2.05, 4.69) is 5.32 Å². The van der Waals surface area contributed by atoms with Crippen LogP contribution in [0, 0.1) is 0 Å². The van der Waals surface area contributed by atoms with E-state index in [9.17, 15) is 8.42 Å². The molecule has 0 rings (SSSR count). The van der Waals surface area contributed by atoms with Crippen LogP contribution < -0.4 is 5.32 Å². The maximum Gasteiger partial charge on any atom is 0.151 e. The third-order valence-corrected chi connectivity index (χ3v) is 3.67. The van der Waals surface area contributed by atoms with Crippen molar-refractivity contribution in [1.29, 1.82) is 0 Å². The lowest BCUT2D eigenvalue weighted by molar-refractivity contribution is 0.563. The molecule has 3 nitrogen and oxygen atoms in total. The van der Waals surface area contributed by atoms with Gasteiger partial charge in [-0.2, -0.15) is 0 Å². The largest absolute Gasteiger partial charge is 0.312 e. The van der Waals surface area contributed by atoms with Gasteiger partial charge in [0.05, 0.1) is 5.25 Å². The maximum atomic E-state index is 11.2. The van der Waals surface area contributed by atoms with Crippen molar-refractivity contribution in [2.75, 3.05) is 13.3 Å². The summed E-state index contributed by atoms with van der Waals surface area (Å²) in [5, 5.41) is 2.60. The minimum Gasteiger partial charge on any atom is -0.312 e. The number of sulfone groups is 1. The molecule has 0 bridgehead atoms. The lowest BCUT2D eigenvalue weighted by Gasteiger charge is -2.19. The Morgan fingerprint density at radius 1 is 1.38 bits per heavy atom. The number of nitrogens with one attached hydrogen (secondary N) is 1. The Kier molecular flexibility index (Phi) is 4.64. The molecule has 13 heavy (non-hydrogen) atoms. The molecule has 0 saturated carbocycles. The van der Waals surface area contributed by atoms with Gasteiger partial charge in [-0.1, -0.05) is 11.6 Å². The Morgan fingerprint density at radius 3 is 2.08 bits per heavy atom. The molecule has 78 valence electrons. The molecule has 0 saturated heterocycles. The number of likely N-dealkylation sites (N-methyl/N-ethyl adjacent to an activating group) is 1. The molecule has 4 heteroatoms. The average Bonchev–Trinajstić information content (AvgIpc) is 1.96. The minimum atomic E-state index is -2.97. The van der Waals surface area contributed by atoms with Crippen molar-refractivity contribution in [2.24, 2.45) is 0 Å². The first-order chi connectivity index (χ1) is 5.79. The molecule has 2 atom stereocenters. The summed E-state index contributed by atoms with van der Waals surface area (Å²) >= 11 is 0. The predicted molar refractivity (Wildman–Crippen MR) is 56.6 cm³/mol. The van der Waals surface area contributed by atoms with Gasteiger partial charge in [0.2, 0.25) is 0 Å². The van der Waals surface area contributed by atoms with Crippen molar-refractivity contribution >= 4 is 9.84 Å². The van der Waals surface area contributed by atoms with E-state index >= 15 is 0 Å². The summed E-state index contributed by atoms with van der Waals surface area (Å²) in [7, 11) is -1.20. The SMILES string of the molecule is CNC(C=C(C)C)C(C)S(C)(=O)=O. The van der Waals surface area contributed by atoms with E-state index < -0.39 is 9.84 Å². The van der Waals surface area contributed by atoms with E-state index in [0.717, 1.165) is 5.57 Å². The van der Waals surface area contributed by atoms with Crippen molar-refractivity contribution in [2.45, 2.75) is 32.1 Å². The number of hydrogen-bond acceptors (Lipinski definition) is 3. The van der Waals surface area contributed by atoms with Crippen molar-refractivity contribution < 1.29 is 8.42 Å². The smallest absolute Gasteiger partial charge is 0.151 e. The third kappa shape index (κ3) is 4.43. The van der Waals surface area contributed by atoms with E-state index in [1.54, 1.807) is 14.0 Å². The molecule has 1 N–H and O–H groups in total. The lowest BCUT2D eigenvalue weighted by atomic mass is 10.1. The van der Waals surface area contributed by atoms with Gasteiger partial charge in [-0.25, -0.2) is 8.42 Å². The summed E-state index contributed by atoms with van der Waals surface area (Å²) in [4.78, 5) is 0. The summed E-state index contributed by atoms with van der Waals surface area (Å²) in [5.74, 6) is 0. The van der Waals surface area contributed by atoms with Gasteiger partial charge < -0.3 is 5.32 Å². The zero-order valence-corrected chi connectivity index (χ0v) is 9.77. The first-order valence-corrected chi connectivity index (χ1v) is 6.25. The average molecular weight is 205 g/mol. The van der Waals surface area contributed by atoms with Crippen LogP contribution in [0.3, 0.4) is 0 Å². The van der Waals surface area contributed by atoms with E-state index in [4.69, 9.17) is 0 Å². The van der Waals surface area contributed by atoms with E-state index in [1.165, 1.54) is 6.26 Å². The molecule has 0 radical (unpaired) electrons. The normalized spacial score (nSPS) is 16.4. The van der Waals surface area contributed by atoms with Crippen LogP contribution in [0.5, 0.6) is 0 Å². The second-order valence-corrected chi connectivity index (χ2v) is 6.00. The van der Waals surface area contributed by atoms with Gasteiger partial charge in [0.25, 0.3) is 0 Å². The molecule has 2 unspecified atom stereocenters. The fraction of sp³-hybridized carbons (Fsp3) is 0.778. The highest BCUT2D eigenvalue weighted by atomic mass is 32.2. The van der Waals surface area contributed by atoms with Crippen molar-refractivity contribution in [1.82, 2.24) is 5.32 Å². The van der Waals surface area contributed by atoms with Crippen LogP contribution in [0.2, 0.25) is 0 Å². The molecular weight excluding hydrogens is 186 g/mol. The van der Waals surface area contributed by atoms with Crippen LogP contribution in [-0.4, -0.2) is 33.0 Å². The molecule has 0 amide bonds. The highest BCUT2D eigenvalue weighted by Gasteiger charge is 2.22. The molecule has 0 aliphatic heterocycles. The van der Waals surface area contributed by atoms with E-state index in [1.807, 2.05) is 19.9 Å². The topological polar surface area (TPSA) is 46.2 Å². The fourth-order valence-corrected chi connectivity index (χ4v) is 1.83. The third-order valence-electron chi connectivity index (χ3n) is 2.03. The lowest BCUT2D eigenvalue weighted by Crippen LogP contribution is -2.38. The Bertz CT molecular complexity index is 276.